The van der Waals surface area contributed by atoms with Gasteiger partial charge in [0.1, 0.15) is 5.75 Å². The van der Waals surface area contributed by atoms with Crippen LogP contribution in [0.25, 0.3) is 0 Å². The standard InChI is InChI=1S/C10H11ClF3NOS/c11-8-5-7(6-15)1-2-9(8)16-3-4-17-10(12,13)14/h1-2,5H,3-4,6,15H2. The normalized spacial score (nSPS) is 11.6. The van der Waals surface area contributed by atoms with Crippen molar-refractivity contribution in [3.63, 3.8) is 0 Å². The van der Waals surface area contributed by atoms with E-state index in [1.54, 1.807) is 18.2 Å². The first kappa shape index (κ1) is 14.5. The molecule has 0 atom stereocenters. The Balaban J connectivity index is 2.42. The molecule has 0 aliphatic heterocycles. The summed E-state index contributed by atoms with van der Waals surface area (Å²) in [6, 6.07) is 4.95. The minimum Gasteiger partial charge on any atom is -0.491 e. The Bertz CT molecular complexity index is 373. The van der Waals surface area contributed by atoms with E-state index in [-0.39, 0.29) is 24.1 Å². The van der Waals surface area contributed by atoms with Gasteiger partial charge in [-0.25, -0.2) is 0 Å². The molecule has 0 aliphatic rings. The van der Waals surface area contributed by atoms with Gasteiger partial charge in [-0.05, 0) is 29.5 Å². The fourth-order valence-electron chi connectivity index (χ4n) is 1.10. The Labute approximate surface area is 106 Å². The second-order valence-corrected chi connectivity index (χ2v) is 4.68. The highest BCUT2D eigenvalue weighted by Gasteiger charge is 2.27. The number of hydrogen-bond acceptors (Lipinski definition) is 3. The smallest absolute Gasteiger partial charge is 0.441 e. The molecular weight excluding hydrogens is 275 g/mol. The van der Waals surface area contributed by atoms with Crippen molar-refractivity contribution < 1.29 is 17.9 Å². The monoisotopic (exact) mass is 285 g/mol. The number of halogens is 4. The molecule has 96 valence electrons. The van der Waals surface area contributed by atoms with Gasteiger partial charge in [0.15, 0.2) is 0 Å². The average Bonchev–Trinajstić information content (AvgIpc) is 2.24. The number of thioether (sulfide) groups is 1. The first-order chi connectivity index (χ1) is 7.92. The molecule has 0 aliphatic carbocycles. The van der Waals surface area contributed by atoms with E-state index in [0.29, 0.717) is 17.3 Å². The molecule has 1 aromatic rings. The number of rotatable bonds is 5. The molecule has 17 heavy (non-hydrogen) atoms. The Morgan fingerprint density at radius 2 is 2.06 bits per heavy atom. The van der Waals surface area contributed by atoms with Crippen molar-refractivity contribution in [2.75, 3.05) is 12.4 Å². The third kappa shape index (κ3) is 5.52. The Morgan fingerprint density at radius 1 is 1.35 bits per heavy atom. The predicted molar refractivity (Wildman–Crippen MR) is 63.4 cm³/mol. The zero-order valence-corrected chi connectivity index (χ0v) is 10.3. The highest BCUT2D eigenvalue weighted by Crippen LogP contribution is 2.30. The summed E-state index contributed by atoms with van der Waals surface area (Å²) in [4.78, 5) is 0. The van der Waals surface area contributed by atoms with Crippen LogP contribution in [0.2, 0.25) is 5.02 Å². The third-order valence-electron chi connectivity index (χ3n) is 1.84. The fraction of sp³-hybridized carbons (Fsp3) is 0.400. The van der Waals surface area contributed by atoms with E-state index in [1.807, 2.05) is 0 Å². The van der Waals surface area contributed by atoms with Crippen LogP contribution >= 0.6 is 23.4 Å². The van der Waals surface area contributed by atoms with Gasteiger partial charge in [-0.15, -0.1) is 0 Å². The van der Waals surface area contributed by atoms with E-state index < -0.39 is 5.51 Å². The van der Waals surface area contributed by atoms with Crippen LogP contribution in [0.15, 0.2) is 18.2 Å². The lowest BCUT2D eigenvalue weighted by molar-refractivity contribution is -0.0329. The molecule has 1 aromatic carbocycles. The van der Waals surface area contributed by atoms with Crippen molar-refractivity contribution in [2.45, 2.75) is 12.1 Å². The zero-order chi connectivity index (χ0) is 12.9. The van der Waals surface area contributed by atoms with Gasteiger partial charge in [-0.3, -0.25) is 0 Å². The van der Waals surface area contributed by atoms with E-state index in [4.69, 9.17) is 22.1 Å². The molecule has 0 heterocycles. The number of benzene rings is 1. The fourth-order valence-corrected chi connectivity index (χ4v) is 1.75. The van der Waals surface area contributed by atoms with Crippen molar-refractivity contribution >= 4 is 23.4 Å². The summed E-state index contributed by atoms with van der Waals surface area (Å²) in [5.74, 6) is 0.199. The summed E-state index contributed by atoms with van der Waals surface area (Å²) in [6.45, 7) is 0.301. The van der Waals surface area contributed by atoms with Crippen molar-refractivity contribution in [2.24, 2.45) is 5.73 Å². The summed E-state index contributed by atoms with van der Waals surface area (Å²) in [5, 5.41) is 0.352. The molecule has 2 nitrogen and oxygen atoms in total. The summed E-state index contributed by atoms with van der Waals surface area (Å²) in [5.41, 5.74) is 2.02. The van der Waals surface area contributed by atoms with E-state index >= 15 is 0 Å². The second-order valence-electron chi connectivity index (χ2n) is 3.11. The van der Waals surface area contributed by atoms with Crippen LogP contribution < -0.4 is 10.5 Å². The molecule has 0 saturated heterocycles. The van der Waals surface area contributed by atoms with Crippen LogP contribution in [0, 0.1) is 0 Å². The van der Waals surface area contributed by atoms with Crippen molar-refractivity contribution in [1.29, 1.82) is 0 Å². The van der Waals surface area contributed by atoms with Gasteiger partial charge in [0, 0.05) is 12.3 Å². The molecule has 1 rings (SSSR count). The topological polar surface area (TPSA) is 35.2 Å². The first-order valence-corrected chi connectivity index (χ1v) is 6.10. The Morgan fingerprint density at radius 3 is 2.59 bits per heavy atom. The molecule has 7 heteroatoms. The van der Waals surface area contributed by atoms with Crippen molar-refractivity contribution in [3.8, 4) is 5.75 Å². The molecule has 0 unspecified atom stereocenters. The minimum atomic E-state index is -4.23. The molecule has 2 N–H and O–H groups in total. The highest BCUT2D eigenvalue weighted by atomic mass is 35.5. The lowest BCUT2D eigenvalue weighted by atomic mass is 10.2. The summed E-state index contributed by atoms with van der Waals surface area (Å²) >= 11 is 5.75. The van der Waals surface area contributed by atoms with Crippen LogP contribution in [0.5, 0.6) is 5.75 Å². The van der Waals surface area contributed by atoms with Gasteiger partial charge in [0.2, 0.25) is 0 Å². The molecule has 0 fully saturated rings. The largest absolute Gasteiger partial charge is 0.491 e. The van der Waals surface area contributed by atoms with Gasteiger partial charge in [-0.2, -0.15) is 13.2 Å². The van der Waals surface area contributed by atoms with Crippen LogP contribution in [-0.4, -0.2) is 17.9 Å². The molecule has 0 aromatic heterocycles. The quantitative estimate of drug-likeness (QED) is 0.842. The van der Waals surface area contributed by atoms with Crippen LogP contribution in [-0.2, 0) is 6.54 Å². The third-order valence-corrected chi connectivity index (χ3v) is 2.83. The number of nitrogens with two attached hydrogens (primary N) is 1. The molecule has 0 spiro atoms. The zero-order valence-electron chi connectivity index (χ0n) is 8.76. The molecule has 0 amide bonds. The number of alkyl halides is 3. The van der Waals surface area contributed by atoms with E-state index in [0.717, 1.165) is 5.56 Å². The number of ether oxygens (including phenoxy) is 1. The minimum absolute atomic E-state index is 0.0497. The van der Waals surface area contributed by atoms with Crippen molar-refractivity contribution in [3.05, 3.63) is 28.8 Å². The molecular formula is C10H11ClF3NOS. The molecule has 0 bridgehead atoms. The van der Waals surface area contributed by atoms with Crippen LogP contribution in [0.4, 0.5) is 13.2 Å². The maximum Gasteiger partial charge on any atom is 0.441 e. The molecule has 0 saturated carbocycles. The van der Waals surface area contributed by atoms with Gasteiger partial charge in [0.05, 0.1) is 11.6 Å². The van der Waals surface area contributed by atoms with Crippen molar-refractivity contribution in [1.82, 2.24) is 0 Å². The van der Waals surface area contributed by atoms with E-state index in [1.165, 1.54) is 0 Å². The van der Waals surface area contributed by atoms with Crippen LogP contribution in [0.1, 0.15) is 5.56 Å². The van der Waals surface area contributed by atoms with E-state index in [9.17, 15) is 13.2 Å². The average molecular weight is 286 g/mol. The second kappa shape index (κ2) is 6.37. The first-order valence-electron chi connectivity index (χ1n) is 4.74. The Hall–Kier alpha value is -0.590. The van der Waals surface area contributed by atoms with Gasteiger partial charge < -0.3 is 10.5 Å². The summed E-state index contributed by atoms with van der Waals surface area (Å²) in [6.07, 6.45) is 0. The molecule has 0 radical (unpaired) electrons. The van der Waals surface area contributed by atoms with Gasteiger partial charge in [-0.1, -0.05) is 17.7 Å². The van der Waals surface area contributed by atoms with Crippen LogP contribution in [0.3, 0.4) is 0 Å². The van der Waals surface area contributed by atoms with Gasteiger partial charge in [0.25, 0.3) is 0 Å². The summed E-state index contributed by atoms with van der Waals surface area (Å²) in [7, 11) is 0. The lowest BCUT2D eigenvalue weighted by Crippen LogP contribution is -2.07. The summed E-state index contributed by atoms with van der Waals surface area (Å²) < 4.78 is 40.6. The Kier molecular flexibility index (Phi) is 5.42. The maximum absolute atomic E-state index is 11.8. The predicted octanol–water partition coefficient (Wildman–Crippen LogP) is 3.43. The lowest BCUT2D eigenvalue weighted by Gasteiger charge is -2.09. The maximum atomic E-state index is 11.8. The van der Waals surface area contributed by atoms with E-state index in [2.05, 4.69) is 0 Å². The highest BCUT2D eigenvalue weighted by molar-refractivity contribution is 8.00. The van der Waals surface area contributed by atoms with Gasteiger partial charge >= 0.3 is 5.51 Å². The number of hydrogen-bond donors (Lipinski definition) is 1. The SMILES string of the molecule is NCc1ccc(OCCSC(F)(F)F)c(Cl)c1.